The summed E-state index contributed by atoms with van der Waals surface area (Å²) >= 11 is 0. The molecular weight excluding hydrogens is 425 g/mol. The molecule has 8 nitrogen and oxygen atoms in total. The summed E-state index contributed by atoms with van der Waals surface area (Å²) in [5, 5.41) is 2.67. The van der Waals surface area contributed by atoms with Gasteiger partial charge < -0.3 is 9.73 Å². The normalized spacial score (nSPS) is 17.7. The standard InChI is InChI=1S/C21H22FN3O5S/c1-13-5-6-15(10-17(13)22)23-20(26)14-4-3-9-25(12-14)31(28,29)16-7-8-18-19(11-16)30-21(27)24(18)2/h5-8,10-11,14H,3-4,9,12H2,1-2H3,(H,23,26)/t14-/m1/s1. The van der Waals surface area contributed by atoms with E-state index >= 15 is 0 Å². The number of hydrogen-bond acceptors (Lipinski definition) is 5. The van der Waals surface area contributed by atoms with Gasteiger partial charge in [-0.15, -0.1) is 0 Å². The molecule has 1 atom stereocenters. The second kappa shape index (κ2) is 7.93. The summed E-state index contributed by atoms with van der Waals surface area (Å²) in [5.74, 6) is -1.92. The molecule has 0 radical (unpaired) electrons. The monoisotopic (exact) mass is 447 g/mol. The van der Waals surface area contributed by atoms with Gasteiger partial charge in [-0.3, -0.25) is 9.36 Å². The minimum absolute atomic E-state index is 0.00369. The Balaban J connectivity index is 1.53. The molecular formula is C21H22FN3O5S. The third-order valence-corrected chi connectivity index (χ3v) is 7.46. The van der Waals surface area contributed by atoms with Gasteiger partial charge in [-0.1, -0.05) is 6.07 Å². The minimum Gasteiger partial charge on any atom is -0.408 e. The average Bonchev–Trinajstić information content (AvgIpc) is 3.04. The van der Waals surface area contributed by atoms with Gasteiger partial charge in [-0.2, -0.15) is 4.31 Å². The van der Waals surface area contributed by atoms with Gasteiger partial charge in [-0.25, -0.2) is 17.6 Å². The molecule has 1 fully saturated rings. The number of nitrogens with one attached hydrogen (secondary N) is 1. The molecule has 1 aromatic heterocycles. The number of fused-ring (bicyclic) bond motifs is 1. The smallest absolute Gasteiger partial charge is 0.408 e. The first-order chi connectivity index (χ1) is 14.7. The van der Waals surface area contributed by atoms with E-state index in [9.17, 15) is 22.4 Å². The van der Waals surface area contributed by atoms with Crippen LogP contribution in [0.1, 0.15) is 18.4 Å². The summed E-state index contributed by atoms with van der Waals surface area (Å²) in [7, 11) is -2.35. The number of piperidine rings is 1. The van der Waals surface area contributed by atoms with Gasteiger partial charge in [0, 0.05) is 31.9 Å². The second-order valence-corrected chi connectivity index (χ2v) is 9.65. The number of amides is 1. The maximum Gasteiger partial charge on any atom is 0.419 e. The van der Waals surface area contributed by atoms with E-state index in [0.29, 0.717) is 29.6 Å². The van der Waals surface area contributed by atoms with Crippen LogP contribution in [-0.2, 0) is 21.9 Å². The Morgan fingerprint density at radius 1 is 1.23 bits per heavy atom. The summed E-state index contributed by atoms with van der Waals surface area (Å²) in [6.45, 7) is 1.92. The molecule has 1 saturated heterocycles. The Hall–Kier alpha value is -2.98. The Morgan fingerprint density at radius 3 is 2.74 bits per heavy atom. The predicted octanol–water partition coefficient (Wildman–Crippen LogP) is 2.62. The highest BCUT2D eigenvalue weighted by Gasteiger charge is 2.33. The van der Waals surface area contributed by atoms with Gasteiger partial charge in [0.25, 0.3) is 0 Å². The molecule has 2 aromatic carbocycles. The second-order valence-electron chi connectivity index (χ2n) is 7.71. The number of sulfonamides is 1. The van der Waals surface area contributed by atoms with Crippen LogP contribution in [0.3, 0.4) is 0 Å². The number of anilines is 1. The first-order valence-corrected chi connectivity index (χ1v) is 11.3. The third-order valence-electron chi connectivity index (χ3n) is 5.60. The molecule has 10 heteroatoms. The molecule has 2 heterocycles. The van der Waals surface area contributed by atoms with E-state index in [4.69, 9.17) is 4.42 Å². The Morgan fingerprint density at radius 2 is 2.00 bits per heavy atom. The van der Waals surface area contributed by atoms with Crippen LogP contribution in [0.15, 0.2) is 50.5 Å². The zero-order valence-electron chi connectivity index (χ0n) is 17.1. The van der Waals surface area contributed by atoms with E-state index < -0.39 is 27.5 Å². The fourth-order valence-corrected chi connectivity index (χ4v) is 5.25. The number of oxazole rings is 1. The fourth-order valence-electron chi connectivity index (χ4n) is 3.71. The molecule has 3 aromatic rings. The number of carbonyl (C=O) groups excluding carboxylic acids is 1. The van der Waals surface area contributed by atoms with Crippen LogP contribution in [0.25, 0.3) is 11.1 Å². The molecule has 0 spiro atoms. The number of benzene rings is 2. The van der Waals surface area contributed by atoms with Crippen LogP contribution in [0, 0.1) is 18.7 Å². The van der Waals surface area contributed by atoms with E-state index in [1.165, 1.54) is 40.2 Å². The van der Waals surface area contributed by atoms with Crippen molar-refractivity contribution in [2.24, 2.45) is 13.0 Å². The Bertz CT molecular complexity index is 1330. The van der Waals surface area contributed by atoms with Crippen molar-refractivity contribution in [3.8, 4) is 0 Å². The molecule has 1 aliphatic heterocycles. The molecule has 1 amide bonds. The van der Waals surface area contributed by atoms with E-state index in [1.54, 1.807) is 19.1 Å². The van der Waals surface area contributed by atoms with Crippen LogP contribution < -0.4 is 11.1 Å². The molecule has 1 aliphatic rings. The lowest BCUT2D eigenvalue weighted by Gasteiger charge is -2.31. The number of hydrogen-bond donors (Lipinski definition) is 1. The summed E-state index contributed by atoms with van der Waals surface area (Å²) in [4.78, 5) is 24.4. The average molecular weight is 447 g/mol. The third kappa shape index (κ3) is 4.00. The van der Waals surface area contributed by atoms with Crippen molar-refractivity contribution >= 4 is 32.7 Å². The number of carbonyl (C=O) groups is 1. The summed E-state index contributed by atoms with van der Waals surface area (Å²) in [6, 6.07) is 8.69. The lowest BCUT2D eigenvalue weighted by molar-refractivity contribution is -0.120. The maximum absolute atomic E-state index is 13.7. The number of nitrogens with zero attached hydrogens (tertiary/aromatic N) is 2. The van der Waals surface area contributed by atoms with E-state index in [2.05, 4.69) is 5.32 Å². The van der Waals surface area contributed by atoms with Crippen molar-refractivity contribution in [3.63, 3.8) is 0 Å². The maximum atomic E-state index is 13.7. The molecule has 4 rings (SSSR count). The number of aromatic nitrogens is 1. The predicted molar refractivity (Wildman–Crippen MR) is 113 cm³/mol. The highest BCUT2D eigenvalue weighted by atomic mass is 32.2. The van der Waals surface area contributed by atoms with Gasteiger partial charge >= 0.3 is 5.76 Å². The Kier molecular flexibility index (Phi) is 5.44. The van der Waals surface area contributed by atoms with Crippen LogP contribution in [0.5, 0.6) is 0 Å². The summed E-state index contributed by atoms with van der Waals surface area (Å²) in [5.41, 5.74) is 1.48. The van der Waals surface area contributed by atoms with Crippen molar-refractivity contribution in [2.45, 2.75) is 24.7 Å². The molecule has 0 saturated carbocycles. The van der Waals surface area contributed by atoms with Gasteiger partial charge in [0.1, 0.15) is 5.82 Å². The van der Waals surface area contributed by atoms with Crippen molar-refractivity contribution < 1.29 is 22.0 Å². The molecule has 0 unspecified atom stereocenters. The quantitative estimate of drug-likeness (QED) is 0.663. The first-order valence-electron chi connectivity index (χ1n) is 9.83. The molecule has 0 aliphatic carbocycles. The topological polar surface area (TPSA) is 102 Å². The van der Waals surface area contributed by atoms with Crippen LogP contribution >= 0.6 is 0 Å². The van der Waals surface area contributed by atoms with Gasteiger partial charge in [0.2, 0.25) is 15.9 Å². The van der Waals surface area contributed by atoms with Crippen LogP contribution in [0.4, 0.5) is 10.1 Å². The van der Waals surface area contributed by atoms with Gasteiger partial charge in [-0.05, 0) is 49.6 Å². The van der Waals surface area contributed by atoms with Crippen LogP contribution in [0.2, 0.25) is 0 Å². The number of halogens is 1. The lowest BCUT2D eigenvalue weighted by atomic mass is 9.98. The molecule has 31 heavy (non-hydrogen) atoms. The van der Waals surface area contributed by atoms with E-state index in [0.717, 1.165) is 0 Å². The summed E-state index contributed by atoms with van der Waals surface area (Å²) < 4.78 is 47.7. The number of aryl methyl sites for hydroxylation is 2. The molecule has 0 bridgehead atoms. The van der Waals surface area contributed by atoms with Gasteiger partial charge in [0.05, 0.1) is 16.3 Å². The highest BCUT2D eigenvalue weighted by Crippen LogP contribution is 2.27. The van der Waals surface area contributed by atoms with Crippen molar-refractivity contribution in [1.82, 2.24) is 8.87 Å². The Labute approximate surface area is 178 Å². The number of rotatable bonds is 4. The fraction of sp³-hybridized carbons (Fsp3) is 0.333. The SMILES string of the molecule is Cc1ccc(NC(=O)[C@@H]2CCCN(S(=O)(=O)c3ccc4c(c3)oc(=O)n4C)C2)cc1F. The lowest BCUT2D eigenvalue weighted by Crippen LogP contribution is -2.43. The van der Waals surface area contributed by atoms with Gasteiger partial charge in [0.15, 0.2) is 5.58 Å². The van der Waals surface area contributed by atoms with Crippen LogP contribution in [-0.4, -0.2) is 36.3 Å². The first kappa shape index (κ1) is 21.3. The van der Waals surface area contributed by atoms with Crippen molar-refractivity contribution in [2.75, 3.05) is 18.4 Å². The summed E-state index contributed by atoms with van der Waals surface area (Å²) in [6.07, 6.45) is 1.04. The minimum atomic E-state index is -3.89. The molecule has 1 N–H and O–H groups in total. The van der Waals surface area contributed by atoms with E-state index in [1.807, 2.05) is 0 Å². The van der Waals surface area contributed by atoms with Crippen molar-refractivity contribution in [3.05, 3.63) is 58.3 Å². The highest BCUT2D eigenvalue weighted by molar-refractivity contribution is 7.89. The zero-order valence-corrected chi connectivity index (χ0v) is 17.9. The van der Waals surface area contributed by atoms with E-state index in [-0.39, 0.29) is 29.5 Å². The molecule has 164 valence electrons. The zero-order chi connectivity index (χ0) is 22.3. The largest absolute Gasteiger partial charge is 0.419 e. The van der Waals surface area contributed by atoms with Crippen molar-refractivity contribution in [1.29, 1.82) is 0 Å².